The molecular formula is C22H21N3O4. The molecule has 3 aromatic rings. The van der Waals surface area contributed by atoms with Crippen molar-refractivity contribution in [2.24, 2.45) is 0 Å². The largest absolute Gasteiger partial charge is 0.469 e. The van der Waals surface area contributed by atoms with E-state index < -0.39 is 17.9 Å². The van der Waals surface area contributed by atoms with Gasteiger partial charge in [0.1, 0.15) is 5.69 Å². The minimum Gasteiger partial charge on any atom is -0.469 e. The number of esters is 1. The molecule has 7 heteroatoms. The van der Waals surface area contributed by atoms with Crippen LogP contribution in [0.15, 0.2) is 77.6 Å². The van der Waals surface area contributed by atoms with E-state index in [9.17, 15) is 14.4 Å². The standard InChI is InChI=1S/C22H21N3O4/c1-29-21(27)14-19(17-10-6-3-7-11-17)23-22(28)18-12-13-20(26)25(24-18)15-16-8-4-2-5-9-16/h2-13,19H,14-15H2,1H3,(H,23,28)/t19-/m1/s1. The Hall–Kier alpha value is -3.74. The Balaban J connectivity index is 1.82. The Morgan fingerprint density at radius 1 is 1.00 bits per heavy atom. The molecule has 0 saturated carbocycles. The number of hydrogen-bond acceptors (Lipinski definition) is 5. The zero-order valence-corrected chi connectivity index (χ0v) is 15.9. The number of carbonyl (C=O) groups is 2. The van der Waals surface area contributed by atoms with E-state index >= 15 is 0 Å². The van der Waals surface area contributed by atoms with E-state index in [1.165, 1.54) is 23.9 Å². The molecular weight excluding hydrogens is 370 g/mol. The van der Waals surface area contributed by atoms with Gasteiger partial charge >= 0.3 is 5.97 Å². The highest BCUT2D eigenvalue weighted by atomic mass is 16.5. The van der Waals surface area contributed by atoms with Gasteiger partial charge in [0.05, 0.1) is 26.1 Å². The van der Waals surface area contributed by atoms with Gasteiger partial charge in [-0.15, -0.1) is 0 Å². The maximum Gasteiger partial charge on any atom is 0.307 e. The summed E-state index contributed by atoms with van der Waals surface area (Å²) in [6, 6.07) is 20.6. The molecule has 0 aliphatic carbocycles. The highest BCUT2D eigenvalue weighted by Crippen LogP contribution is 2.17. The minimum atomic E-state index is -0.576. The van der Waals surface area contributed by atoms with E-state index in [1.54, 1.807) is 0 Å². The van der Waals surface area contributed by atoms with Gasteiger partial charge in [0.25, 0.3) is 11.5 Å². The lowest BCUT2D eigenvalue weighted by atomic mass is 10.0. The molecule has 7 nitrogen and oxygen atoms in total. The first-order chi connectivity index (χ1) is 14.1. The second-order valence-electron chi connectivity index (χ2n) is 6.42. The molecule has 2 aromatic carbocycles. The van der Waals surface area contributed by atoms with Crippen LogP contribution in [0.3, 0.4) is 0 Å². The van der Waals surface area contributed by atoms with E-state index in [-0.39, 0.29) is 24.2 Å². The van der Waals surface area contributed by atoms with Gasteiger partial charge in [-0.2, -0.15) is 5.10 Å². The van der Waals surface area contributed by atoms with Crippen LogP contribution in [0.25, 0.3) is 0 Å². The van der Waals surface area contributed by atoms with Crippen molar-refractivity contribution in [1.29, 1.82) is 0 Å². The summed E-state index contributed by atoms with van der Waals surface area (Å²) in [7, 11) is 1.30. The summed E-state index contributed by atoms with van der Waals surface area (Å²) in [6.07, 6.45) is -0.0179. The van der Waals surface area contributed by atoms with E-state index in [2.05, 4.69) is 10.4 Å². The first-order valence-electron chi connectivity index (χ1n) is 9.11. The fourth-order valence-corrected chi connectivity index (χ4v) is 2.86. The summed E-state index contributed by atoms with van der Waals surface area (Å²) >= 11 is 0. The Morgan fingerprint density at radius 3 is 2.31 bits per heavy atom. The van der Waals surface area contributed by atoms with Crippen molar-refractivity contribution < 1.29 is 14.3 Å². The quantitative estimate of drug-likeness (QED) is 0.624. The summed E-state index contributed by atoms with van der Waals surface area (Å²) in [5.41, 5.74) is 1.45. The van der Waals surface area contributed by atoms with E-state index in [0.717, 1.165) is 11.1 Å². The van der Waals surface area contributed by atoms with Crippen LogP contribution in [-0.4, -0.2) is 28.8 Å². The van der Waals surface area contributed by atoms with Crippen molar-refractivity contribution in [3.8, 4) is 0 Å². The normalized spacial score (nSPS) is 11.5. The average molecular weight is 391 g/mol. The lowest BCUT2D eigenvalue weighted by Gasteiger charge is -2.18. The fourth-order valence-electron chi connectivity index (χ4n) is 2.86. The number of rotatable bonds is 7. The Bertz CT molecular complexity index is 1030. The number of hydrogen-bond donors (Lipinski definition) is 1. The van der Waals surface area contributed by atoms with Crippen LogP contribution < -0.4 is 10.9 Å². The molecule has 0 radical (unpaired) electrons. The lowest BCUT2D eigenvalue weighted by Crippen LogP contribution is -2.33. The third-order valence-corrected chi connectivity index (χ3v) is 4.38. The predicted octanol–water partition coefficient (Wildman–Crippen LogP) is 2.33. The number of ether oxygens (including phenoxy) is 1. The van der Waals surface area contributed by atoms with Gasteiger partial charge in [-0.25, -0.2) is 4.68 Å². The second kappa shape index (κ2) is 9.45. The van der Waals surface area contributed by atoms with Crippen LogP contribution in [0.2, 0.25) is 0 Å². The highest BCUT2D eigenvalue weighted by molar-refractivity contribution is 5.92. The van der Waals surface area contributed by atoms with Gasteiger partial charge in [0, 0.05) is 6.07 Å². The minimum absolute atomic E-state index is 0.0179. The summed E-state index contributed by atoms with van der Waals surface area (Å²) < 4.78 is 5.98. The SMILES string of the molecule is COC(=O)C[C@@H](NC(=O)c1ccc(=O)n(Cc2ccccc2)n1)c1ccccc1. The molecule has 1 atom stereocenters. The van der Waals surface area contributed by atoms with Crippen molar-refractivity contribution in [3.05, 3.63) is 100.0 Å². The molecule has 29 heavy (non-hydrogen) atoms. The zero-order valence-electron chi connectivity index (χ0n) is 15.9. The van der Waals surface area contributed by atoms with Gasteiger partial charge in [-0.1, -0.05) is 60.7 Å². The molecule has 0 spiro atoms. The van der Waals surface area contributed by atoms with Gasteiger partial charge in [0.15, 0.2) is 0 Å². The maximum absolute atomic E-state index is 12.8. The number of nitrogens with one attached hydrogen (secondary N) is 1. The average Bonchev–Trinajstić information content (AvgIpc) is 2.76. The summed E-state index contributed by atoms with van der Waals surface area (Å²) in [5, 5.41) is 7.00. The monoisotopic (exact) mass is 391 g/mol. The zero-order chi connectivity index (χ0) is 20.6. The number of nitrogens with zero attached hydrogens (tertiary/aromatic N) is 2. The Morgan fingerprint density at radius 2 is 1.66 bits per heavy atom. The molecule has 1 N–H and O–H groups in total. The molecule has 3 rings (SSSR count). The molecule has 0 unspecified atom stereocenters. The molecule has 1 heterocycles. The van der Waals surface area contributed by atoms with Crippen LogP contribution in [0.1, 0.15) is 34.1 Å². The molecule has 1 amide bonds. The first kappa shape index (κ1) is 20.0. The van der Waals surface area contributed by atoms with Crippen molar-refractivity contribution in [1.82, 2.24) is 15.1 Å². The van der Waals surface area contributed by atoms with Gasteiger partial charge in [0.2, 0.25) is 0 Å². The number of carbonyl (C=O) groups excluding carboxylic acids is 2. The molecule has 0 bridgehead atoms. The van der Waals surface area contributed by atoms with Crippen molar-refractivity contribution in [2.45, 2.75) is 19.0 Å². The van der Waals surface area contributed by atoms with Crippen molar-refractivity contribution >= 4 is 11.9 Å². The van der Waals surface area contributed by atoms with Crippen LogP contribution in [-0.2, 0) is 16.1 Å². The smallest absolute Gasteiger partial charge is 0.307 e. The summed E-state index contributed by atoms with van der Waals surface area (Å²) in [6.45, 7) is 0.255. The van der Waals surface area contributed by atoms with Gasteiger partial charge in [-0.3, -0.25) is 14.4 Å². The number of methoxy groups -OCH3 is 1. The van der Waals surface area contributed by atoms with Gasteiger partial charge in [-0.05, 0) is 17.2 Å². The highest BCUT2D eigenvalue weighted by Gasteiger charge is 2.20. The van der Waals surface area contributed by atoms with E-state index in [1.807, 2.05) is 60.7 Å². The van der Waals surface area contributed by atoms with Gasteiger partial charge < -0.3 is 10.1 Å². The maximum atomic E-state index is 12.8. The van der Waals surface area contributed by atoms with Crippen LogP contribution in [0.5, 0.6) is 0 Å². The topological polar surface area (TPSA) is 90.3 Å². The lowest BCUT2D eigenvalue weighted by molar-refractivity contribution is -0.141. The fraction of sp³-hybridized carbons (Fsp3) is 0.182. The molecule has 0 aliphatic heterocycles. The molecule has 0 fully saturated rings. The first-order valence-corrected chi connectivity index (χ1v) is 9.11. The number of aromatic nitrogens is 2. The third kappa shape index (κ3) is 5.38. The molecule has 0 aliphatic rings. The van der Waals surface area contributed by atoms with Crippen LogP contribution in [0.4, 0.5) is 0 Å². The Labute approximate surface area is 168 Å². The third-order valence-electron chi connectivity index (χ3n) is 4.38. The van der Waals surface area contributed by atoms with Crippen molar-refractivity contribution in [3.63, 3.8) is 0 Å². The number of amides is 1. The second-order valence-corrected chi connectivity index (χ2v) is 6.42. The molecule has 1 aromatic heterocycles. The van der Waals surface area contributed by atoms with Crippen LogP contribution in [0, 0.1) is 0 Å². The Kier molecular flexibility index (Phi) is 6.52. The van der Waals surface area contributed by atoms with Crippen molar-refractivity contribution in [2.75, 3.05) is 7.11 Å². The molecule has 0 saturated heterocycles. The summed E-state index contributed by atoms with van der Waals surface area (Å²) in [5.74, 6) is -0.925. The number of benzene rings is 2. The summed E-state index contributed by atoms with van der Waals surface area (Å²) in [4.78, 5) is 36.7. The predicted molar refractivity (Wildman–Crippen MR) is 107 cm³/mol. The molecule has 148 valence electrons. The van der Waals surface area contributed by atoms with E-state index in [0.29, 0.717) is 0 Å². The van der Waals surface area contributed by atoms with Crippen LogP contribution >= 0.6 is 0 Å². The van der Waals surface area contributed by atoms with E-state index in [4.69, 9.17) is 4.74 Å².